The molecule has 0 aliphatic carbocycles. The molecule has 4 aromatic rings. The number of urea groups is 1. The number of amides is 2. The average Bonchev–Trinajstić information content (AvgIpc) is 3.11. The third-order valence-corrected chi connectivity index (χ3v) is 5.23. The molecule has 1 aliphatic heterocycles. The molecule has 1 aromatic carbocycles. The molecule has 0 atom stereocenters. The van der Waals surface area contributed by atoms with Crippen molar-refractivity contribution in [1.82, 2.24) is 24.6 Å². The van der Waals surface area contributed by atoms with Crippen molar-refractivity contribution in [3.8, 4) is 16.9 Å². The minimum atomic E-state index is -0.439. The molecule has 3 aromatic heterocycles. The number of aromatic nitrogens is 4. The highest BCUT2D eigenvalue weighted by atomic mass is 19.1. The van der Waals surface area contributed by atoms with Crippen LogP contribution in [-0.2, 0) is 0 Å². The number of benzene rings is 1. The predicted octanol–water partition coefficient (Wildman–Crippen LogP) is 4.17. The fourth-order valence-electron chi connectivity index (χ4n) is 3.44. The smallest absolute Gasteiger partial charge is 0.321 e. The van der Waals surface area contributed by atoms with Gasteiger partial charge in [-0.1, -0.05) is 6.07 Å². The Morgan fingerprint density at radius 1 is 1.17 bits per heavy atom. The van der Waals surface area contributed by atoms with Crippen molar-refractivity contribution in [3.05, 3.63) is 66.4 Å². The van der Waals surface area contributed by atoms with Gasteiger partial charge >= 0.3 is 6.03 Å². The SMILES string of the molecule is Cc1cccnc1-c1cnc2nn(-c3cc(NC(=O)N4CCC4)ccc3F)cc2c1. The van der Waals surface area contributed by atoms with Gasteiger partial charge in [0.05, 0.1) is 5.69 Å². The van der Waals surface area contributed by atoms with Gasteiger partial charge in [-0.05, 0) is 49.2 Å². The summed E-state index contributed by atoms with van der Waals surface area (Å²) in [6.45, 7) is 3.48. The van der Waals surface area contributed by atoms with E-state index in [-0.39, 0.29) is 11.7 Å². The Bertz CT molecular complexity index is 1260. The fourth-order valence-corrected chi connectivity index (χ4v) is 3.44. The van der Waals surface area contributed by atoms with Gasteiger partial charge in [-0.3, -0.25) is 4.98 Å². The van der Waals surface area contributed by atoms with E-state index in [9.17, 15) is 9.18 Å². The molecule has 1 fully saturated rings. The number of hydrogen-bond acceptors (Lipinski definition) is 4. The summed E-state index contributed by atoms with van der Waals surface area (Å²) in [5.74, 6) is -0.439. The molecular weight excluding hydrogens is 383 g/mol. The molecule has 4 heterocycles. The van der Waals surface area contributed by atoms with Crippen LogP contribution in [0.15, 0.2) is 55.0 Å². The number of halogens is 1. The maximum Gasteiger partial charge on any atom is 0.321 e. The van der Waals surface area contributed by atoms with Crippen LogP contribution in [0.2, 0.25) is 0 Å². The largest absolute Gasteiger partial charge is 0.324 e. The van der Waals surface area contributed by atoms with Gasteiger partial charge < -0.3 is 10.2 Å². The van der Waals surface area contributed by atoms with Crippen molar-refractivity contribution in [2.45, 2.75) is 13.3 Å². The number of hydrogen-bond donors (Lipinski definition) is 1. The Kier molecular flexibility index (Phi) is 4.39. The summed E-state index contributed by atoms with van der Waals surface area (Å²) in [6.07, 6.45) is 6.19. The number of fused-ring (bicyclic) bond motifs is 1. The van der Waals surface area contributed by atoms with E-state index in [4.69, 9.17) is 0 Å². The topological polar surface area (TPSA) is 75.9 Å². The lowest BCUT2D eigenvalue weighted by molar-refractivity contribution is 0.181. The third kappa shape index (κ3) is 3.26. The van der Waals surface area contributed by atoms with E-state index in [1.54, 1.807) is 35.6 Å². The van der Waals surface area contributed by atoms with E-state index in [0.717, 1.165) is 41.7 Å². The Morgan fingerprint density at radius 2 is 2.03 bits per heavy atom. The number of anilines is 1. The molecular formula is C22H19FN6O. The molecule has 0 spiro atoms. The lowest BCUT2D eigenvalue weighted by atomic mass is 10.1. The first-order valence-electron chi connectivity index (χ1n) is 9.72. The van der Waals surface area contributed by atoms with Crippen LogP contribution in [0.5, 0.6) is 0 Å². The van der Waals surface area contributed by atoms with Crippen LogP contribution < -0.4 is 5.32 Å². The number of rotatable bonds is 3. The summed E-state index contributed by atoms with van der Waals surface area (Å²) in [5.41, 5.74) is 4.02. The van der Waals surface area contributed by atoms with Gasteiger partial charge in [0.2, 0.25) is 0 Å². The van der Waals surface area contributed by atoms with Crippen LogP contribution in [0.1, 0.15) is 12.0 Å². The monoisotopic (exact) mass is 402 g/mol. The molecule has 5 rings (SSSR count). The summed E-state index contributed by atoms with van der Waals surface area (Å²) < 4.78 is 16.0. The first-order chi connectivity index (χ1) is 14.6. The Labute approximate surface area is 172 Å². The fraction of sp³-hybridized carbons (Fsp3) is 0.182. The van der Waals surface area contributed by atoms with Crippen molar-refractivity contribution in [3.63, 3.8) is 0 Å². The van der Waals surface area contributed by atoms with Gasteiger partial charge in [-0.15, -0.1) is 5.10 Å². The molecule has 0 radical (unpaired) electrons. The van der Waals surface area contributed by atoms with E-state index >= 15 is 0 Å². The second-order valence-electron chi connectivity index (χ2n) is 7.32. The quantitative estimate of drug-likeness (QED) is 0.558. The van der Waals surface area contributed by atoms with Gasteiger partial charge in [0.15, 0.2) is 5.65 Å². The molecule has 30 heavy (non-hydrogen) atoms. The zero-order valence-corrected chi connectivity index (χ0v) is 16.3. The number of likely N-dealkylation sites (tertiary alicyclic amines) is 1. The molecule has 1 aliphatic rings. The minimum absolute atomic E-state index is 0.179. The molecule has 0 saturated carbocycles. The highest BCUT2D eigenvalue weighted by molar-refractivity contribution is 5.90. The first-order valence-corrected chi connectivity index (χ1v) is 9.72. The molecule has 1 N–H and O–H groups in total. The van der Waals surface area contributed by atoms with Crippen LogP contribution in [0.25, 0.3) is 28.0 Å². The van der Waals surface area contributed by atoms with E-state index in [0.29, 0.717) is 11.3 Å². The van der Waals surface area contributed by atoms with E-state index in [1.165, 1.54) is 10.7 Å². The van der Waals surface area contributed by atoms with Crippen LogP contribution >= 0.6 is 0 Å². The Hall–Kier alpha value is -3.81. The Morgan fingerprint density at radius 3 is 2.80 bits per heavy atom. The second kappa shape index (κ2) is 7.22. The summed E-state index contributed by atoms with van der Waals surface area (Å²) in [5, 5.41) is 7.98. The van der Waals surface area contributed by atoms with E-state index in [1.807, 2.05) is 25.1 Å². The second-order valence-corrected chi connectivity index (χ2v) is 7.32. The van der Waals surface area contributed by atoms with Gasteiger partial charge in [0.1, 0.15) is 11.5 Å². The summed E-state index contributed by atoms with van der Waals surface area (Å²) >= 11 is 0. The number of pyridine rings is 2. The molecule has 1 saturated heterocycles. The zero-order chi connectivity index (χ0) is 20.7. The molecule has 7 nitrogen and oxygen atoms in total. The van der Waals surface area contributed by atoms with Crippen molar-refractivity contribution < 1.29 is 9.18 Å². The number of aryl methyl sites for hydroxylation is 1. The number of carbonyl (C=O) groups is 1. The Balaban J connectivity index is 1.49. The van der Waals surface area contributed by atoms with Crippen molar-refractivity contribution >= 4 is 22.8 Å². The predicted molar refractivity (Wildman–Crippen MR) is 112 cm³/mol. The molecule has 0 unspecified atom stereocenters. The lowest BCUT2D eigenvalue weighted by Gasteiger charge is -2.30. The third-order valence-electron chi connectivity index (χ3n) is 5.23. The average molecular weight is 402 g/mol. The van der Waals surface area contributed by atoms with Crippen LogP contribution in [0, 0.1) is 12.7 Å². The first kappa shape index (κ1) is 18.2. The highest BCUT2D eigenvalue weighted by Crippen LogP contribution is 2.25. The van der Waals surface area contributed by atoms with Crippen LogP contribution in [-0.4, -0.2) is 43.8 Å². The lowest BCUT2D eigenvalue weighted by Crippen LogP contribution is -2.44. The van der Waals surface area contributed by atoms with Gasteiger partial charge in [0, 0.05) is 48.3 Å². The van der Waals surface area contributed by atoms with Crippen molar-refractivity contribution in [2.75, 3.05) is 18.4 Å². The maximum absolute atomic E-state index is 14.5. The normalized spacial score (nSPS) is 13.3. The zero-order valence-electron chi connectivity index (χ0n) is 16.3. The van der Waals surface area contributed by atoms with Gasteiger partial charge in [0.25, 0.3) is 0 Å². The van der Waals surface area contributed by atoms with Crippen LogP contribution in [0.4, 0.5) is 14.9 Å². The number of nitrogens with one attached hydrogen (secondary N) is 1. The van der Waals surface area contributed by atoms with Crippen molar-refractivity contribution in [1.29, 1.82) is 0 Å². The van der Waals surface area contributed by atoms with Crippen molar-refractivity contribution in [2.24, 2.45) is 0 Å². The number of carbonyl (C=O) groups excluding carboxylic acids is 1. The highest BCUT2D eigenvalue weighted by Gasteiger charge is 2.20. The summed E-state index contributed by atoms with van der Waals surface area (Å²) in [6, 6.07) is 10.1. The molecule has 0 bridgehead atoms. The molecule has 2 amide bonds. The van der Waals surface area contributed by atoms with E-state index in [2.05, 4.69) is 20.4 Å². The van der Waals surface area contributed by atoms with Gasteiger partial charge in [-0.2, -0.15) is 0 Å². The minimum Gasteiger partial charge on any atom is -0.324 e. The van der Waals surface area contributed by atoms with Gasteiger partial charge in [-0.25, -0.2) is 18.9 Å². The molecule has 150 valence electrons. The maximum atomic E-state index is 14.5. The number of nitrogens with zero attached hydrogens (tertiary/aromatic N) is 5. The van der Waals surface area contributed by atoms with Crippen LogP contribution in [0.3, 0.4) is 0 Å². The molecule has 8 heteroatoms. The standard InChI is InChI=1S/C22H19FN6O/c1-14-4-2-7-24-20(14)15-10-16-13-29(27-21(16)25-12-15)19-11-17(5-6-18(19)23)26-22(30)28-8-3-9-28/h2,4-7,10-13H,3,8-9H2,1H3,(H,26,30). The summed E-state index contributed by atoms with van der Waals surface area (Å²) in [4.78, 5) is 22.7. The summed E-state index contributed by atoms with van der Waals surface area (Å²) in [7, 11) is 0. The van der Waals surface area contributed by atoms with E-state index < -0.39 is 5.82 Å².